The fourth-order valence-electron chi connectivity index (χ4n) is 1.88. The highest BCUT2D eigenvalue weighted by atomic mass is 16.3. The molecule has 0 aliphatic carbocycles. The molecule has 1 aromatic heterocycles. The van der Waals surface area contributed by atoms with Gasteiger partial charge in [-0.2, -0.15) is 0 Å². The van der Waals surface area contributed by atoms with E-state index in [4.69, 9.17) is 5.11 Å². The van der Waals surface area contributed by atoms with Crippen molar-refractivity contribution in [2.75, 3.05) is 6.61 Å². The maximum atomic E-state index is 12.3. The summed E-state index contributed by atoms with van der Waals surface area (Å²) in [6.07, 6.45) is 3.26. The van der Waals surface area contributed by atoms with Crippen molar-refractivity contribution in [2.24, 2.45) is 0 Å². The molecular weight excluding hydrogens is 294 g/mol. The summed E-state index contributed by atoms with van der Waals surface area (Å²) < 4.78 is 0. The van der Waals surface area contributed by atoms with Crippen LogP contribution < -0.4 is 10.6 Å². The number of amides is 2. The Morgan fingerprint density at radius 3 is 2.57 bits per heavy atom. The average Bonchev–Trinajstić information content (AvgIpc) is 3.07. The zero-order chi connectivity index (χ0) is 16.7. The van der Waals surface area contributed by atoms with Crippen LogP contribution in [-0.4, -0.2) is 34.6 Å². The van der Waals surface area contributed by atoms with Crippen molar-refractivity contribution in [3.05, 3.63) is 65.6 Å². The molecule has 6 heteroatoms. The third-order valence-corrected chi connectivity index (χ3v) is 3.10. The molecule has 1 aromatic carbocycles. The molecular formula is C17H19N3O3. The first kappa shape index (κ1) is 16.5. The van der Waals surface area contributed by atoms with E-state index in [0.29, 0.717) is 11.3 Å². The number of aromatic nitrogens is 1. The van der Waals surface area contributed by atoms with Gasteiger partial charge in [-0.05, 0) is 37.3 Å². The van der Waals surface area contributed by atoms with E-state index >= 15 is 0 Å². The molecule has 0 aliphatic heterocycles. The number of aliphatic hydroxyl groups is 1. The maximum absolute atomic E-state index is 12.3. The first-order valence-corrected chi connectivity index (χ1v) is 7.23. The zero-order valence-corrected chi connectivity index (χ0v) is 12.7. The van der Waals surface area contributed by atoms with Gasteiger partial charge in [-0.3, -0.25) is 9.59 Å². The van der Waals surface area contributed by atoms with Crippen LogP contribution in [0.2, 0.25) is 0 Å². The van der Waals surface area contributed by atoms with Gasteiger partial charge in [0, 0.05) is 23.5 Å². The molecule has 0 bridgehead atoms. The van der Waals surface area contributed by atoms with Crippen LogP contribution >= 0.6 is 0 Å². The van der Waals surface area contributed by atoms with E-state index in [1.54, 1.807) is 55.6 Å². The number of aromatic amines is 1. The summed E-state index contributed by atoms with van der Waals surface area (Å²) in [5, 5.41) is 14.3. The highest BCUT2D eigenvalue weighted by Crippen LogP contribution is 2.05. The molecule has 1 atom stereocenters. The van der Waals surface area contributed by atoms with Crippen molar-refractivity contribution >= 4 is 17.9 Å². The largest absolute Gasteiger partial charge is 0.394 e. The van der Waals surface area contributed by atoms with E-state index in [1.165, 1.54) is 0 Å². The molecule has 0 saturated carbocycles. The first-order chi connectivity index (χ1) is 11.1. The standard InChI is InChI=1S/C17H19N3O3/c1-12(11-21)19-17(23)15(10-14-8-5-9-18-14)20-16(22)13-6-3-2-4-7-13/h2-10,12,18,21H,11H2,1H3,(H,19,23)(H,20,22)/b15-10-/t12-/m0/s1. The Morgan fingerprint density at radius 1 is 1.22 bits per heavy atom. The van der Waals surface area contributed by atoms with Gasteiger partial charge in [0.1, 0.15) is 5.70 Å². The first-order valence-electron chi connectivity index (χ1n) is 7.23. The smallest absolute Gasteiger partial charge is 0.268 e. The van der Waals surface area contributed by atoms with Crippen molar-refractivity contribution in [2.45, 2.75) is 13.0 Å². The minimum absolute atomic E-state index is 0.0987. The van der Waals surface area contributed by atoms with Crippen LogP contribution in [0.25, 0.3) is 6.08 Å². The fourth-order valence-corrected chi connectivity index (χ4v) is 1.88. The van der Waals surface area contributed by atoms with Crippen molar-refractivity contribution in [3.8, 4) is 0 Å². The third-order valence-electron chi connectivity index (χ3n) is 3.10. The van der Waals surface area contributed by atoms with E-state index in [9.17, 15) is 9.59 Å². The Morgan fingerprint density at radius 2 is 1.96 bits per heavy atom. The summed E-state index contributed by atoms with van der Waals surface area (Å²) in [7, 11) is 0. The zero-order valence-electron chi connectivity index (χ0n) is 12.7. The van der Waals surface area contributed by atoms with Gasteiger partial charge in [-0.15, -0.1) is 0 Å². The molecule has 120 valence electrons. The average molecular weight is 313 g/mol. The van der Waals surface area contributed by atoms with Crippen molar-refractivity contribution in [1.29, 1.82) is 0 Å². The number of rotatable bonds is 6. The third kappa shape index (κ3) is 4.82. The lowest BCUT2D eigenvalue weighted by Crippen LogP contribution is -2.40. The number of carbonyl (C=O) groups is 2. The summed E-state index contributed by atoms with van der Waals surface area (Å²) in [5.41, 5.74) is 1.23. The minimum Gasteiger partial charge on any atom is -0.394 e. The van der Waals surface area contributed by atoms with Crippen LogP contribution in [0.3, 0.4) is 0 Å². The SMILES string of the molecule is C[C@@H](CO)NC(=O)/C(=C/c1ccc[nH]1)NC(=O)c1ccccc1. The molecule has 1 heterocycles. The minimum atomic E-state index is -0.467. The monoisotopic (exact) mass is 313 g/mol. The van der Waals surface area contributed by atoms with Gasteiger partial charge in [0.15, 0.2) is 0 Å². The second-order valence-electron chi connectivity index (χ2n) is 5.06. The molecule has 4 N–H and O–H groups in total. The van der Waals surface area contributed by atoms with Crippen LogP contribution in [0, 0.1) is 0 Å². The number of benzene rings is 1. The highest BCUT2D eigenvalue weighted by molar-refractivity contribution is 6.05. The summed E-state index contributed by atoms with van der Waals surface area (Å²) in [6.45, 7) is 1.48. The lowest BCUT2D eigenvalue weighted by molar-refractivity contribution is -0.118. The molecule has 2 aromatic rings. The maximum Gasteiger partial charge on any atom is 0.268 e. The lowest BCUT2D eigenvalue weighted by Gasteiger charge is -2.14. The molecule has 23 heavy (non-hydrogen) atoms. The van der Waals surface area contributed by atoms with Crippen LogP contribution in [0.4, 0.5) is 0 Å². The molecule has 0 radical (unpaired) electrons. The Kier molecular flexibility index (Phi) is 5.71. The summed E-state index contributed by atoms with van der Waals surface area (Å²) in [5.74, 6) is -0.847. The van der Waals surface area contributed by atoms with Crippen molar-refractivity contribution < 1.29 is 14.7 Å². The molecule has 6 nitrogen and oxygen atoms in total. The Hall–Kier alpha value is -2.86. The molecule has 2 rings (SSSR count). The number of nitrogens with one attached hydrogen (secondary N) is 3. The number of hydrogen-bond donors (Lipinski definition) is 4. The predicted molar refractivity (Wildman–Crippen MR) is 87.4 cm³/mol. The summed E-state index contributed by atoms with van der Waals surface area (Å²) >= 11 is 0. The van der Waals surface area contributed by atoms with Crippen molar-refractivity contribution in [1.82, 2.24) is 15.6 Å². The topological polar surface area (TPSA) is 94.2 Å². The normalized spacial score (nSPS) is 12.5. The van der Waals surface area contributed by atoms with E-state index in [1.807, 2.05) is 6.07 Å². The molecule has 0 unspecified atom stereocenters. The fraction of sp³-hybridized carbons (Fsp3) is 0.176. The quantitative estimate of drug-likeness (QED) is 0.605. The Labute approximate surface area is 134 Å². The number of carbonyl (C=O) groups excluding carboxylic acids is 2. The molecule has 0 spiro atoms. The van der Waals surface area contributed by atoms with Crippen LogP contribution in [-0.2, 0) is 4.79 Å². The molecule has 0 aliphatic rings. The molecule has 2 amide bonds. The Balaban J connectivity index is 2.20. The highest BCUT2D eigenvalue weighted by Gasteiger charge is 2.16. The van der Waals surface area contributed by atoms with E-state index in [0.717, 1.165) is 0 Å². The van der Waals surface area contributed by atoms with E-state index in [2.05, 4.69) is 15.6 Å². The second kappa shape index (κ2) is 7.95. The van der Waals surface area contributed by atoms with Crippen LogP contribution in [0.5, 0.6) is 0 Å². The van der Waals surface area contributed by atoms with Gasteiger partial charge in [0.25, 0.3) is 11.8 Å². The summed E-state index contributed by atoms with van der Waals surface area (Å²) in [6, 6.07) is 11.8. The molecule has 0 saturated heterocycles. The van der Waals surface area contributed by atoms with E-state index in [-0.39, 0.29) is 18.2 Å². The second-order valence-corrected chi connectivity index (χ2v) is 5.06. The van der Waals surface area contributed by atoms with Crippen LogP contribution in [0.15, 0.2) is 54.4 Å². The van der Waals surface area contributed by atoms with Gasteiger partial charge in [-0.25, -0.2) is 0 Å². The number of H-pyrrole nitrogens is 1. The predicted octanol–water partition coefficient (Wildman–Crippen LogP) is 1.28. The van der Waals surface area contributed by atoms with Gasteiger partial charge in [0.05, 0.1) is 6.61 Å². The van der Waals surface area contributed by atoms with Gasteiger partial charge in [-0.1, -0.05) is 18.2 Å². The van der Waals surface area contributed by atoms with Gasteiger partial charge >= 0.3 is 0 Å². The van der Waals surface area contributed by atoms with Gasteiger partial charge < -0.3 is 20.7 Å². The van der Waals surface area contributed by atoms with E-state index < -0.39 is 11.9 Å². The Bertz CT molecular complexity index is 678. The number of aliphatic hydroxyl groups excluding tert-OH is 1. The number of hydrogen-bond acceptors (Lipinski definition) is 3. The summed E-state index contributed by atoms with van der Waals surface area (Å²) in [4.78, 5) is 27.5. The van der Waals surface area contributed by atoms with Gasteiger partial charge in [0.2, 0.25) is 0 Å². The van der Waals surface area contributed by atoms with Crippen LogP contribution in [0.1, 0.15) is 23.0 Å². The van der Waals surface area contributed by atoms with Crippen molar-refractivity contribution in [3.63, 3.8) is 0 Å². The lowest BCUT2D eigenvalue weighted by atomic mass is 10.2. The molecule has 0 fully saturated rings.